The standard InChI is InChI=1S/C15H15N.C6H6O/c1-2-13-16(14-9-5-3-6-10-14)15-11-7-4-8-12-15;7-6-4-2-1-3-5-6/h2-12H,1,13H2;1-5,7H. The number of hydrogen-bond donors (Lipinski definition) is 1. The fourth-order valence-corrected chi connectivity index (χ4v) is 2.13. The van der Waals surface area contributed by atoms with Crippen LogP contribution in [0.3, 0.4) is 0 Å². The molecule has 0 amide bonds. The molecule has 116 valence electrons. The van der Waals surface area contributed by atoms with E-state index in [1.54, 1.807) is 24.3 Å². The molecule has 0 fully saturated rings. The fraction of sp³-hybridized carbons (Fsp3) is 0.0476. The Morgan fingerprint density at radius 1 is 0.696 bits per heavy atom. The third kappa shape index (κ3) is 5.36. The van der Waals surface area contributed by atoms with Crippen molar-refractivity contribution in [2.75, 3.05) is 11.4 Å². The first-order valence-electron chi connectivity index (χ1n) is 7.54. The maximum atomic E-state index is 8.63. The molecule has 0 atom stereocenters. The van der Waals surface area contributed by atoms with Gasteiger partial charge in [0.05, 0.1) is 0 Å². The van der Waals surface area contributed by atoms with Gasteiger partial charge in [0, 0.05) is 17.9 Å². The Labute approximate surface area is 138 Å². The molecule has 0 saturated carbocycles. The molecule has 0 aromatic heterocycles. The summed E-state index contributed by atoms with van der Waals surface area (Å²) in [5.41, 5.74) is 2.38. The number of hydrogen-bond acceptors (Lipinski definition) is 2. The van der Waals surface area contributed by atoms with Crippen LogP contribution < -0.4 is 4.90 Å². The highest BCUT2D eigenvalue weighted by atomic mass is 16.3. The van der Waals surface area contributed by atoms with Crippen molar-refractivity contribution in [1.82, 2.24) is 0 Å². The Hall–Kier alpha value is -3.00. The topological polar surface area (TPSA) is 23.5 Å². The lowest BCUT2D eigenvalue weighted by atomic mass is 10.2. The van der Waals surface area contributed by atoms with Gasteiger partial charge in [-0.1, -0.05) is 60.7 Å². The first-order valence-corrected chi connectivity index (χ1v) is 7.54. The van der Waals surface area contributed by atoms with Crippen molar-refractivity contribution in [1.29, 1.82) is 0 Å². The van der Waals surface area contributed by atoms with Crippen LogP contribution in [-0.4, -0.2) is 11.7 Å². The van der Waals surface area contributed by atoms with Crippen LogP contribution in [0.25, 0.3) is 0 Å². The summed E-state index contributed by atoms with van der Waals surface area (Å²) in [7, 11) is 0. The summed E-state index contributed by atoms with van der Waals surface area (Å²) in [5, 5.41) is 8.63. The highest BCUT2D eigenvalue weighted by Crippen LogP contribution is 2.24. The molecule has 2 nitrogen and oxygen atoms in total. The Bertz CT molecular complexity index is 641. The van der Waals surface area contributed by atoms with Crippen molar-refractivity contribution in [3.63, 3.8) is 0 Å². The molecule has 0 radical (unpaired) electrons. The molecule has 1 N–H and O–H groups in total. The lowest BCUT2D eigenvalue weighted by molar-refractivity contribution is 0.475. The highest BCUT2D eigenvalue weighted by molar-refractivity contribution is 5.63. The summed E-state index contributed by atoms with van der Waals surface area (Å²) >= 11 is 0. The zero-order valence-electron chi connectivity index (χ0n) is 13.0. The van der Waals surface area contributed by atoms with Gasteiger partial charge in [0.15, 0.2) is 0 Å². The van der Waals surface area contributed by atoms with Crippen LogP contribution >= 0.6 is 0 Å². The monoisotopic (exact) mass is 303 g/mol. The van der Waals surface area contributed by atoms with Gasteiger partial charge in [0.1, 0.15) is 5.75 Å². The second-order valence-electron chi connectivity index (χ2n) is 4.91. The summed E-state index contributed by atoms with van der Waals surface area (Å²) < 4.78 is 0. The van der Waals surface area contributed by atoms with Gasteiger partial charge in [-0.3, -0.25) is 0 Å². The van der Waals surface area contributed by atoms with Crippen LogP contribution in [-0.2, 0) is 0 Å². The van der Waals surface area contributed by atoms with Crippen molar-refractivity contribution < 1.29 is 5.11 Å². The molecule has 23 heavy (non-hydrogen) atoms. The quantitative estimate of drug-likeness (QED) is 0.652. The number of phenolic OH excluding ortho intramolecular Hbond substituents is 1. The average Bonchev–Trinajstić information content (AvgIpc) is 2.62. The van der Waals surface area contributed by atoms with Crippen LogP contribution in [0.1, 0.15) is 0 Å². The number of benzene rings is 3. The highest BCUT2D eigenvalue weighted by Gasteiger charge is 2.05. The van der Waals surface area contributed by atoms with E-state index in [0.717, 1.165) is 6.54 Å². The molecule has 0 aliphatic rings. The van der Waals surface area contributed by atoms with E-state index < -0.39 is 0 Å². The predicted octanol–water partition coefficient (Wildman–Crippen LogP) is 5.40. The Kier molecular flexibility index (Phi) is 6.48. The maximum absolute atomic E-state index is 8.63. The van der Waals surface area contributed by atoms with E-state index in [2.05, 4.69) is 35.7 Å². The minimum absolute atomic E-state index is 0.322. The van der Waals surface area contributed by atoms with Crippen molar-refractivity contribution >= 4 is 11.4 Å². The van der Waals surface area contributed by atoms with Crippen LogP contribution in [0.5, 0.6) is 5.75 Å². The normalized spacial score (nSPS) is 9.39. The zero-order valence-corrected chi connectivity index (χ0v) is 13.0. The third-order valence-corrected chi connectivity index (χ3v) is 3.20. The maximum Gasteiger partial charge on any atom is 0.115 e. The second kappa shape index (κ2) is 9.11. The van der Waals surface area contributed by atoms with E-state index in [1.807, 2.05) is 48.5 Å². The Balaban J connectivity index is 0.000000229. The van der Waals surface area contributed by atoms with E-state index in [0.29, 0.717) is 5.75 Å². The lowest BCUT2D eigenvalue weighted by Gasteiger charge is -2.23. The second-order valence-corrected chi connectivity index (χ2v) is 4.91. The van der Waals surface area contributed by atoms with Crippen molar-refractivity contribution in [2.45, 2.75) is 0 Å². The molecule has 0 aliphatic carbocycles. The molecule has 3 rings (SSSR count). The van der Waals surface area contributed by atoms with Gasteiger partial charge in [-0.2, -0.15) is 0 Å². The van der Waals surface area contributed by atoms with Gasteiger partial charge < -0.3 is 10.0 Å². The van der Waals surface area contributed by atoms with Gasteiger partial charge in [0.25, 0.3) is 0 Å². The van der Waals surface area contributed by atoms with Gasteiger partial charge in [-0.15, -0.1) is 6.58 Å². The van der Waals surface area contributed by atoms with Crippen molar-refractivity contribution in [2.24, 2.45) is 0 Å². The average molecular weight is 303 g/mol. The smallest absolute Gasteiger partial charge is 0.115 e. The Morgan fingerprint density at radius 2 is 1.09 bits per heavy atom. The van der Waals surface area contributed by atoms with Crippen molar-refractivity contribution in [3.8, 4) is 5.75 Å². The zero-order chi connectivity index (χ0) is 16.3. The predicted molar refractivity (Wildman–Crippen MR) is 98.2 cm³/mol. The number of anilines is 2. The summed E-state index contributed by atoms with van der Waals surface area (Å²) in [5.74, 6) is 0.322. The van der Waals surface area contributed by atoms with E-state index in [1.165, 1.54) is 11.4 Å². The number of nitrogens with zero attached hydrogens (tertiary/aromatic N) is 1. The van der Waals surface area contributed by atoms with Gasteiger partial charge in [-0.05, 0) is 36.4 Å². The number of aromatic hydroxyl groups is 1. The molecule has 0 saturated heterocycles. The van der Waals surface area contributed by atoms with Crippen molar-refractivity contribution in [3.05, 3.63) is 104 Å². The van der Waals surface area contributed by atoms with Crippen LogP contribution in [0.2, 0.25) is 0 Å². The van der Waals surface area contributed by atoms with E-state index in [9.17, 15) is 0 Å². The minimum atomic E-state index is 0.322. The Morgan fingerprint density at radius 3 is 1.39 bits per heavy atom. The first-order chi connectivity index (χ1) is 11.3. The third-order valence-electron chi connectivity index (χ3n) is 3.20. The van der Waals surface area contributed by atoms with Gasteiger partial charge in [0.2, 0.25) is 0 Å². The molecule has 0 heterocycles. The molecule has 0 spiro atoms. The van der Waals surface area contributed by atoms with E-state index >= 15 is 0 Å². The molecule has 0 bridgehead atoms. The number of phenols is 1. The summed E-state index contributed by atoms with van der Waals surface area (Å²) in [6.45, 7) is 4.62. The van der Waals surface area contributed by atoms with Crippen LogP contribution in [0.15, 0.2) is 104 Å². The fourth-order valence-electron chi connectivity index (χ4n) is 2.13. The van der Waals surface area contributed by atoms with E-state index in [4.69, 9.17) is 5.11 Å². The van der Waals surface area contributed by atoms with Gasteiger partial charge in [-0.25, -0.2) is 0 Å². The van der Waals surface area contributed by atoms with Gasteiger partial charge >= 0.3 is 0 Å². The molecular weight excluding hydrogens is 282 g/mol. The SMILES string of the molecule is C=CCN(c1ccccc1)c1ccccc1.Oc1ccccc1. The largest absolute Gasteiger partial charge is 0.508 e. The summed E-state index contributed by atoms with van der Waals surface area (Å²) in [6, 6.07) is 29.4. The molecule has 3 aromatic carbocycles. The number of para-hydroxylation sites is 3. The minimum Gasteiger partial charge on any atom is -0.508 e. The number of rotatable bonds is 4. The lowest BCUT2D eigenvalue weighted by Crippen LogP contribution is -2.16. The van der Waals surface area contributed by atoms with E-state index in [-0.39, 0.29) is 0 Å². The molecule has 3 aromatic rings. The first kappa shape index (κ1) is 16.4. The van der Waals surface area contributed by atoms with Crippen LogP contribution in [0, 0.1) is 0 Å². The molecular formula is C21H21NO. The van der Waals surface area contributed by atoms with Crippen LogP contribution in [0.4, 0.5) is 11.4 Å². The molecule has 0 unspecified atom stereocenters. The summed E-state index contributed by atoms with van der Waals surface area (Å²) in [4.78, 5) is 2.23. The molecule has 0 aliphatic heterocycles. The molecule has 2 heteroatoms. The summed E-state index contributed by atoms with van der Waals surface area (Å²) in [6.07, 6.45) is 1.92.